The molecule has 145 valence electrons. The zero-order valence-corrected chi connectivity index (χ0v) is 18.7. The molecule has 1 aromatic rings. The second kappa shape index (κ2) is 12.4. The van der Waals surface area contributed by atoms with Gasteiger partial charge in [0.1, 0.15) is 11.9 Å². The van der Waals surface area contributed by atoms with E-state index in [9.17, 15) is 14.6 Å². The van der Waals surface area contributed by atoms with Crippen LogP contribution in [0, 0.1) is 12.8 Å². The van der Waals surface area contributed by atoms with E-state index in [1.807, 2.05) is 12.2 Å². The molecule has 2 rings (SSSR count). The summed E-state index contributed by atoms with van der Waals surface area (Å²) in [7, 11) is 0. The first-order valence-corrected chi connectivity index (χ1v) is 9.61. The van der Waals surface area contributed by atoms with Gasteiger partial charge in [0.05, 0.1) is 18.5 Å². The van der Waals surface area contributed by atoms with Gasteiger partial charge < -0.3 is 21.6 Å². The molecule has 0 bridgehead atoms. The molecule has 1 radical (unpaired) electrons. The van der Waals surface area contributed by atoms with Gasteiger partial charge in [0.15, 0.2) is 0 Å². The third-order valence-electron chi connectivity index (χ3n) is 5.19. The van der Waals surface area contributed by atoms with Crippen LogP contribution in [0.2, 0.25) is 0 Å². The van der Waals surface area contributed by atoms with E-state index in [1.165, 1.54) is 0 Å². The van der Waals surface area contributed by atoms with Crippen LogP contribution < -0.4 is 0 Å². The van der Waals surface area contributed by atoms with Crippen molar-refractivity contribution in [3.05, 3.63) is 42.7 Å². The van der Waals surface area contributed by atoms with E-state index in [-0.39, 0.29) is 51.0 Å². The van der Waals surface area contributed by atoms with Crippen LogP contribution in [0.3, 0.4) is 0 Å². The maximum Gasteiger partial charge on any atom is 0.110 e. The van der Waals surface area contributed by atoms with Gasteiger partial charge in [-0.15, -0.1) is 0 Å². The standard InChI is InChI=1S/C21H32FO3.Y/c1-3-5-7-9-10-16-17(22)13-19(24)21(16)20-12-15(14-25-20)18(23)11-8-6-4-2;/h7,9,12,14,16-19,21,23-24H,1,3-6,8,10-11,13H2,2H3;/q-1;/b9-7-;/t16?,17-,18?,19-,21?;/m1./s1. The van der Waals surface area contributed by atoms with Gasteiger partial charge in [-0.3, -0.25) is 0 Å². The van der Waals surface area contributed by atoms with Crippen LogP contribution in [0.4, 0.5) is 4.39 Å². The number of alkyl halides is 1. The number of aliphatic hydroxyl groups excluding tert-OH is 2. The molecule has 0 spiro atoms. The Labute approximate surface area is 182 Å². The van der Waals surface area contributed by atoms with E-state index >= 15 is 0 Å². The third kappa shape index (κ3) is 6.54. The smallest absolute Gasteiger partial charge is 0.110 e. The maximum atomic E-state index is 14.4. The molecule has 1 aliphatic rings. The van der Waals surface area contributed by atoms with E-state index in [2.05, 4.69) is 13.8 Å². The predicted molar refractivity (Wildman–Crippen MR) is 97.9 cm³/mol. The summed E-state index contributed by atoms with van der Waals surface area (Å²) in [6, 6.07) is 1.80. The average molecular weight is 440 g/mol. The second-order valence-corrected chi connectivity index (χ2v) is 7.15. The van der Waals surface area contributed by atoms with Gasteiger partial charge in [0.25, 0.3) is 0 Å². The number of halogens is 1. The van der Waals surface area contributed by atoms with E-state index in [1.54, 1.807) is 12.3 Å². The molecular weight excluding hydrogens is 408 g/mol. The molecule has 1 fully saturated rings. The van der Waals surface area contributed by atoms with Gasteiger partial charge in [0.2, 0.25) is 0 Å². The van der Waals surface area contributed by atoms with Crippen LogP contribution in [-0.4, -0.2) is 22.5 Å². The SMILES string of the molecule is [CH2-]CC/C=C\CC1C(c2cc(C(O)CCCCC)co2)[C@H](O)C[C@H]1F.[Y]. The Morgan fingerprint density at radius 1 is 1.38 bits per heavy atom. The Bertz CT molecular complexity index is 531. The summed E-state index contributed by atoms with van der Waals surface area (Å²) in [5.74, 6) is -0.0453. The van der Waals surface area contributed by atoms with Gasteiger partial charge in [-0.1, -0.05) is 44.8 Å². The molecule has 5 heteroatoms. The summed E-state index contributed by atoms with van der Waals surface area (Å²) in [4.78, 5) is 0. The molecule has 0 saturated heterocycles. The Hall–Kier alpha value is -0.0261. The van der Waals surface area contributed by atoms with Crippen molar-refractivity contribution in [2.24, 2.45) is 5.92 Å². The molecule has 1 heterocycles. The topological polar surface area (TPSA) is 53.6 Å². The quantitative estimate of drug-likeness (QED) is 0.297. The van der Waals surface area contributed by atoms with Crippen molar-refractivity contribution in [1.29, 1.82) is 0 Å². The Kier molecular flexibility index (Phi) is 11.5. The van der Waals surface area contributed by atoms with Gasteiger partial charge in [-0.25, -0.2) is 4.39 Å². The zero-order chi connectivity index (χ0) is 18.2. The Balaban J connectivity index is 0.00000338. The number of hydrogen-bond acceptors (Lipinski definition) is 3. The van der Waals surface area contributed by atoms with Crippen LogP contribution in [0.25, 0.3) is 0 Å². The number of hydrogen-bond donors (Lipinski definition) is 2. The zero-order valence-electron chi connectivity index (χ0n) is 15.8. The van der Waals surface area contributed by atoms with Crippen LogP contribution in [-0.2, 0) is 32.7 Å². The number of rotatable bonds is 10. The summed E-state index contributed by atoms with van der Waals surface area (Å²) in [6.07, 6.45) is 9.53. The fraction of sp³-hybridized carbons (Fsp3) is 0.667. The molecule has 26 heavy (non-hydrogen) atoms. The Morgan fingerprint density at radius 2 is 2.15 bits per heavy atom. The molecule has 5 atom stereocenters. The molecule has 0 aliphatic heterocycles. The van der Waals surface area contributed by atoms with E-state index in [4.69, 9.17) is 4.42 Å². The van der Waals surface area contributed by atoms with Gasteiger partial charge in [0, 0.05) is 56.5 Å². The number of unbranched alkanes of at least 4 members (excludes halogenated alkanes) is 3. The van der Waals surface area contributed by atoms with Crippen LogP contribution in [0.15, 0.2) is 28.9 Å². The van der Waals surface area contributed by atoms with Gasteiger partial charge in [-0.2, -0.15) is 6.42 Å². The van der Waals surface area contributed by atoms with Crippen molar-refractivity contribution in [2.45, 2.75) is 82.6 Å². The number of allylic oxidation sites excluding steroid dienone is 2. The number of aliphatic hydroxyl groups is 2. The first-order valence-electron chi connectivity index (χ1n) is 9.61. The maximum absolute atomic E-state index is 14.4. The van der Waals surface area contributed by atoms with E-state index in [0.717, 1.165) is 37.7 Å². The van der Waals surface area contributed by atoms with Gasteiger partial charge >= 0.3 is 0 Å². The summed E-state index contributed by atoms with van der Waals surface area (Å²) >= 11 is 0. The molecule has 1 aromatic heterocycles. The molecule has 3 nitrogen and oxygen atoms in total. The predicted octanol–water partition coefficient (Wildman–Crippen LogP) is 5.25. The second-order valence-electron chi connectivity index (χ2n) is 7.15. The van der Waals surface area contributed by atoms with Crippen molar-refractivity contribution in [3.8, 4) is 0 Å². The van der Waals surface area contributed by atoms with E-state index < -0.39 is 18.4 Å². The van der Waals surface area contributed by atoms with E-state index in [0.29, 0.717) is 18.6 Å². The molecule has 0 aromatic carbocycles. The minimum absolute atomic E-state index is 0. The van der Waals surface area contributed by atoms with Crippen molar-refractivity contribution in [2.75, 3.05) is 0 Å². The first-order chi connectivity index (χ1) is 12.1. The van der Waals surface area contributed by atoms with Crippen molar-refractivity contribution >= 4 is 0 Å². The fourth-order valence-electron chi connectivity index (χ4n) is 3.72. The van der Waals surface area contributed by atoms with Gasteiger partial charge in [-0.05, 0) is 18.9 Å². The summed E-state index contributed by atoms with van der Waals surface area (Å²) in [5.41, 5.74) is 0.729. The number of furan rings is 1. The molecular formula is C21H32FO3Y-. The van der Waals surface area contributed by atoms with Crippen LogP contribution in [0.1, 0.15) is 81.6 Å². The summed E-state index contributed by atoms with van der Waals surface area (Å²) < 4.78 is 20.0. The summed E-state index contributed by atoms with van der Waals surface area (Å²) in [6.45, 7) is 5.91. The minimum Gasteiger partial charge on any atom is -0.469 e. The molecule has 3 unspecified atom stereocenters. The minimum atomic E-state index is -1.03. The van der Waals surface area contributed by atoms with Crippen LogP contribution in [0.5, 0.6) is 0 Å². The summed E-state index contributed by atoms with van der Waals surface area (Å²) in [5, 5.41) is 20.6. The largest absolute Gasteiger partial charge is 0.469 e. The molecule has 1 saturated carbocycles. The normalized spacial score (nSPS) is 27.0. The first kappa shape index (κ1) is 24.0. The van der Waals surface area contributed by atoms with Crippen molar-refractivity contribution < 1.29 is 51.7 Å². The van der Waals surface area contributed by atoms with Crippen molar-refractivity contribution in [3.63, 3.8) is 0 Å². The monoisotopic (exact) mass is 440 g/mol. The average Bonchev–Trinajstić information content (AvgIpc) is 3.16. The fourth-order valence-corrected chi connectivity index (χ4v) is 3.72. The molecule has 0 amide bonds. The Morgan fingerprint density at radius 3 is 2.85 bits per heavy atom. The van der Waals surface area contributed by atoms with Crippen molar-refractivity contribution in [1.82, 2.24) is 0 Å². The third-order valence-corrected chi connectivity index (χ3v) is 5.19. The molecule has 2 N–H and O–H groups in total. The molecule has 1 aliphatic carbocycles. The van der Waals surface area contributed by atoms with Crippen LogP contribution >= 0.6 is 0 Å².